The van der Waals surface area contributed by atoms with Crippen LogP contribution < -0.4 is 5.56 Å². The third-order valence-electron chi connectivity index (χ3n) is 2.11. The minimum Gasteiger partial charge on any atom is -0.310 e. The van der Waals surface area contributed by atoms with Crippen LogP contribution in [0, 0.1) is 3.57 Å². The number of nitrogens with zero attached hydrogens (tertiary/aromatic N) is 1. The highest BCUT2D eigenvalue weighted by Crippen LogP contribution is 2.21. The molecule has 3 nitrogen and oxygen atoms in total. The number of aromatic nitrogens is 2. The van der Waals surface area contributed by atoms with E-state index in [2.05, 4.69) is 32.6 Å². The molecule has 2 aromatic rings. The van der Waals surface area contributed by atoms with Gasteiger partial charge in [0.25, 0.3) is 5.56 Å². The molecule has 0 amide bonds. The molecule has 15 heavy (non-hydrogen) atoms. The Morgan fingerprint density at radius 1 is 1.53 bits per heavy atom. The van der Waals surface area contributed by atoms with Crippen molar-refractivity contribution in [3.8, 4) is 0 Å². The van der Waals surface area contributed by atoms with Crippen LogP contribution in [0.3, 0.4) is 0 Å². The molecule has 1 heterocycles. The van der Waals surface area contributed by atoms with Crippen LogP contribution in [-0.2, 0) is 6.42 Å². The molecule has 78 valence electrons. The van der Waals surface area contributed by atoms with Crippen LogP contribution in [0.2, 0.25) is 5.02 Å². The van der Waals surface area contributed by atoms with E-state index in [4.69, 9.17) is 11.6 Å². The molecule has 0 unspecified atom stereocenters. The van der Waals surface area contributed by atoms with Gasteiger partial charge in [0.2, 0.25) is 0 Å². The second kappa shape index (κ2) is 4.09. The topological polar surface area (TPSA) is 45.8 Å². The van der Waals surface area contributed by atoms with Crippen molar-refractivity contribution in [1.82, 2.24) is 9.97 Å². The van der Waals surface area contributed by atoms with Gasteiger partial charge in [0, 0.05) is 15.0 Å². The molecule has 0 saturated carbocycles. The summed E-state index contributed by atoms with van der Waals surface area (Å²) in [5.74, 6) is 0.702. The van der Waals surface area contributed by atoms with E-state index in [1.54, 1.807) is 12.1 Å². The molecule has 0 aliphatic heterocycles. The SMILES string of the molecule is CCc1nc2c(I)cc(Cl)cc2c(=O)[nH]1. The van der Waals surface area contributed by atoms with E-state index in [1.807, 2.05) is 6.92 Å². The van der Waals surface area contributed by atoms with Crippen molar-refractivity contribution < 1.29 is 0 Å². The minimum atomic E-state index is -0.128. The Morgan fingerprint density at radius 3 is 2.93 bits per heavy atom. The Labute approximate surface area is 105 Å². The average Bonchev–Trinajstić information content (AvgIpc) is 2.19. The lowest BCUT2D eigenvalue weighted by Gasteiger charge is -2.02. The minimum absolute atomic E-state index is 0.128. The molecule has 0 aliphatic carbocycles. The summed E-state index contributed by atoms with van der Waals surface area (Å²) < 4.78 is 0.899. The highest BCUT2D eigenvalue weighted by Gasteiger charge is 2.07. The first kappa shape index (κ1) is 10.9. The van der Waals surface area contributed by atoms with Crippen molar-refractivity contribution in [1.29, 1.82) is 0 Å². The molecular weight excluding hydrogens is 326 g/mol. The maximum atomic E-state index is 11.7. The molecule has 0 radical (unpaired) electrons. The Bertz CT molecular complexity index is 579. The summed E-state index contributed by atoms with van der Waals surface area (Å²) in [7, 11) is 0. The first-order valence-electron chi connectivity index (χ1n) is 4.49. The molecule has 1 N–H and O–H groups in total. The summed E-state index contributed by atoms with van der Waals surface area (Å²) in [6, 6.07) is 3.45. The Kier molecular flexibility index (Phi) is 2.97. The fraction of sp³-hybridized carbons (Fsp3) is 0.200. The molecule has 2 rings (SSSR count). The molecule has 0 bridgehead atoms. The van der Waals surface area contributed by atoms with Gasteiger partial charge in [-0.1, -0.05) is 18.5 Å². The summed E-state index contributed by atoms with van der Waals surface area (Å²) in [6.45, 7) is 1.95. The van der Waals surface area contributed by atoms with Crippen LogP contribution in [0.5, 0.6) is 0 Å². The van der Waals surface area contributed by atoms with Crippen molar-refractivity contribution in [2.75, 3.05) is 0 Å². The first-order chi connectivity index (χ1) is 7.11. The Morgan fingerprint density at radius 2 is 2.27 bits per heavy atom. The maximum Gasteiger partial charge on any atom is 0.258 e. The van der Waals surface area contributed by atoms with Gasteiger partial charge in [-0.15, -0.1) is 0 Å². The maximum absolute atomic E-state index is 11.7. The highest BCUT2D eigenvalue weighted by atomic mass is 127. The molecule has 5 heteroatoms. The van der Waals surface area contributed by atoms with Crippen LogP contribution in [0.1, 0.15) is 12.7 Å². The van der Waals surface area contributed by atoms with E-state index >= 15 is 0 Å². The van der Waals surface area contributed by atoms with E-state index in [1.165, 1.54) is 0 Å². The molecule has 0 aliphatic rings. The summed E-state index contributed by atoms with van der Waals surface area (Å²) in [5.41, 5.74) is 0.595. The monoisotopic (exact) mass is 334 g/mol. The van der Waals surface area contributed by atoms with Gasteiger partial charge < -0.3 is 4.98 Å². The zero-order chi connectivity index (χ0) is 11.0. The number of aromatic amines is 1. The predicted molar refractivity (Wildman–Crippen MR) is 69.5 cm³/mol. The number of halogens is 2. The van der Waals surface area contributed by atoms with Gasteiger partial charge >= 0.3 is 0 Å². The van der Waals surface area contributed by atoms with E-state index in [0.717, 1.165) is 9.09 Å². The van der Waals surface area contributed by atoms with E-state index in [9.17, 15) is 4.79 Å². The molecule has 1 aromatic carbocycles. The lowest BCUT2D eigenvalue weighted by Crippen LogP contribution is -2.11. The zero-order valence-electron chi connectivity index (χ0n) is 7.97. The van der Waals surface area contributed by atoms with Crippen LogP contribution >= 0.6 is 34.2 Å². The fourth-order valence-electron chi connectivity index (χ4n) is 1.38. The van der Waals surface area contributed by atoms with Gasteiger partial charge in [-0.3, -0.25) is 4.79 Å². The second-order valence-corrected chi connectivity index (χ2v) is 4.75. The smallest absolute Gasteiger partial charge is 0.258 e. The number of hydrogen-bond donors (Lipinski definition) is 1. The number of hydrogen-bond acceptors (Lipinski definition) is 2. The van der Waals surface area contributed by atoms with Crippen molar-refractivity contribution in [2.24, 2.45) is 0 Å². The lowest BCUT2D eigenvalue weighted by atomic mass is 10.2. The largest absolute Gasteiger partial charge is 0.310 e. The number of benzene rings is 1. The molecular formula is C10H8ClIN2O. The third kappa shape index (κ3) is 2.01. The molecule has 0 saturated heterocycles. The molecule has 0 spiro atoms. The zero-order valence-corrected chi connectivity index (χ0v) is 10.9. The van der Waals surface area contributed by atoms with Crippen LogP contribution in [0.4, 0.5) is 0 Å². The lowest BCUT2D eigenvalue weighted by molar-refractivity contribution is 0.943. The number of rotatable bonds is 1. The van der Waals surface area contributed by atoms with Gasteiger partial charge in [-0.25, -0.2) is 4.98 Å². The third-order valence-corrected chi connectivity index (χ3v) is 3.15. The van der Waals surface area contributed by atoms with Crippen LogP contribution in [0.15, 0.2) is 16.9 Å². The predicted octanol–water partition coefficient (Wildman–Crippen LogP) is 2.74. The van der Waals surface area contributed by atoms with Gasteiger partial charge in [0.05, 0.1) is 10.9 Å². The first-order valence-corrected chi connectivity index (χ1v) is 5.95. The number of nitrogens with one attached hydrogen (secondary N) is 1. The van der Waals surface area contributed by atoms with Gasteiger partial charge in [-0.05, 0) is 34.7 Å². The Balaban J connectivity index is 2.91. The standard InChI is InChI=1S/C10H8ClIN2O/c1-2-8-13-9-6(10(15)14-8)3-5(11)4-7(9)12/h3-4H,2H2,1H3,(H,13,14,15). The normalized spacial score (nSPS) is 10.9. The Hall–Kier alpha value is -0.620. The van der Waals surface area contributed by atoms with E-state index in [0.29, 0.717) is 22.7 Å². The molecule has 0 atom stereocenters. The number of aryl methyl sites for hydroxylation is 1. The van der Waals surface area contributed by atoms with Crippen molar-refractivity contribution in [2.45, 2.75) is 13.3 Å². The summed E-state index contributed by atoms with van der Waals surface area (Å²) >= 11 is 8.02. The van der Waals surface area contributed by atoms with Crippen LogP contribution in [0.25, 0.3) is 10.9 Å². The summed E-state index contributed by atoms with van der Waals surface area (Å²) in [6.07, 6.45) is 0.712. The van der Waals surface area contributed by atoms with Gasteiger partial charge in [-0.2, -0.15) is 0 Å². The quantitative estimate of drug-likeness (QED) is 0.815. The van der Waals surface area contributed by atoms with E-state index < -0.39 is 0 Å². The average molecular weight is 335 g/mol. The summed E-state index contributed by atoms with van der Waals surface area (Å²) in [5, 5.41) is 1.10. The van der Waals surface area contributed by atoms with Crippen molar-refractivity contribution >= 4 is 45.1 Å². The molecule has 0 fully saturated rings. The molecule has 1 aromatic heterocycles. The van der Waals surface area contributed by atoms with Crippen molar-refractivity contribution in [3.63, 3.8) is 0 Å². The van der Waals surface area contributed by atoms with Crippen LogP contribution in [-0.4, -0.2) is 9.97 Å². The van der Waals surface area contributed by atoms with E-state index in [-0.39, 0.29) is 5.56 Å². The van der Waals surface area contributed by atoms with Gasteiger partial charge in [0.1, 0.15) is 5.82 Å². The second-order valence-electron chi connectivity index (χ2n) is 3.15. The fourth-order valence-corrected chi connectivity index (χ4v) is 2.53. The number of fused-ring (bicyclic) bond motifs is 1. The van der Waals surface area contributed by atoms with Crippen molar-refractivity contribution in [3.05, 3.63) is 36.9 Å². The summed E-state index contributed by atoms with van der Waals surface area (Å²) in [4.78, 5) is 18.8. The number of H-pyrrole nitrogens is 1. The highest BCUT2D eigenvalue weighted by molar-refractivity contribution is 14.1. The van der Waals surface area contributed by atoms with Gasteiger partial charge in [0.15, 0.2) is 0 Å².